The Hall–Kier alpha value is -1.81. The third-order valence-corrected chi connectivity index (χ3v) is 4.14. The summed E-state index contributed by atoms with van der Waals surface area (Å²) in [7, 11) is 0. The number of halogens is 1. The van der Waals surface area contributed by atoms with Gasteiger partial charge in [0.1, 0.15) is 0 Å². The molecule has 2 aromatic rings. The first kappa shape index (κ1) is 16.6. The molecule has 0 aliphatic heterocycles. The molecule has 2 rings (SSSR count). The minimum atomic E-state index is 0.0190. The van der Waals surface area contributed by atoms with E-state index < -0.39 is 0 Å². The van der Waals surface area contributed by atoms with Crippen LogP contribution < -0.4 is 10.6 Å². The largest absolute Gasteiger partial charge is 0.384 e. The Labute approximate surface area is 140 Å². The number of anilines is 2. The van der Waals surface area contributed by atoms with Crippen LogP contribution in [0.4, 0.5) is 11.4 Å². The molecule has 0 saturated carbocycles. The molecule has 0 radical (unpaired) electrons. The zero-order valence-electron chi connectivity index (χ0n) is 13.2. The van der Waals surface area contributed by atoms with E-state index in [9.17, 15) is 4.79 Å². The van der Waals surface area contributed by atoms with Gasteiger partial charge in [-0.1, -0.05) is 22.0 Å². The number of carbonyl (C=O) groups excluding carboxylic acids is 1. The molecular weight excluding hydrogens is 340 g/mol. The van der Waals surface area contributed by atoms with Crippen LogP contribution in [0, 0.1) is 20.8 Å². The number of amides is 1. The van der Waals surface area contributed by atoms with Crippen LogP contribution in [0.5, 0.6) is 0 Å². The monoisotopic (exact) mass is 360 g/mol. The van der Waals surface area contributed by atoms with Gasteiger partial charge in [0.15, 0.2) is 0 Å². The van der Waals surface area contributed by atoms with E-state index in [1.807, 2.05) is 44.2 Å². The van der Waals surface area contributed by atoms with E-state index in [4.69, 9.17) is 0 Å². The lowest BCUT2D eigenvalue weighted by molar-refractivity contribution is -0.115. The molecule has 0 atom stereocenters. The van der Waals surface area contributed by atoms with E-state index in [1.54, 1.807) is 0 Å². The standard InChI is InChI=1S/C18H21BrN2O/c1-12-4-6-16(11-13(12)2)21-18(22)8-9-20-17-7-5-15(19)10-14(17)3/h4-7,10-11,20H,8-9H2,1-3H3,(H,21,22). The van der Waals surface area contributed by atoms with Gasteiger partial charge in [0.25, 0.3) is 0 Å². The highest BCUT2D eigenvalue weighted by Crippen LogP contribution is 2.20. The van der Waals surface area contributed by atoms with Gasteiger partial charge < -0.3 is 10.6 Å². The topological polar surface area (TPSA) is 41.1 Å². The third-order valence-electron chi connectivity index (χ3n) is 3.65. The minimum Gasteiger partial charge on any atom is -0.384 e. The Morgan fingerprint density at radius 1 is 1.00 bits per heavy atom. The van der Waals surface area contributed by atoms with Crippen molar-refractivity contribution in [3.8, 4) is 0 Å². The van der Waals surface area contributed by atoms with Gasteiger partial charge in [0, 0.05) is 28.8 Å². The van der Waals surface area contributed by atoms with Crippen molar-refractivity contribution in [1.82, 2.24) is 0 Å². The van der Waals surface area contributed by atoms with Crippen LogP contribution in [-0.4, -0.2) is 12.5 Å². The normalized spacial score (nSPS) is 10.4. The molecule has 0 fully saturated rings. The number of nitrogens with one attached hydrogen (secondary N) is 2. The van der Waals surface area contributed by atoms with E-state index in [2.05, 4.69) is 39.6 Å². The lowest BCUT2D eigenvalue weighted by atomic mass is 10.1. The first-order valence-corrected chi connectivity index (χ1v) is 8.12. The van der Waals surface area contributed by atoms with Gasteiger partial charge in [-0.05, 0) is 67.8 Å². The van der Waals surface area contributed by atoms with Gasteiger partial charge in [0.2, 0.25) is 5.91 Å². The maximum Gasteiger partial charge on any atom is 0.226 e. The second kappa shape index (κ2) is 7.45. The summed E-state index contributed by atoms with van der Waals surface area (Å²) < 4.78 is 1.06. The zero-order chi connectivity index (χ0) is 16.1. The first-order chi connectivity index (χ1) is 10.5. The average molecular weight is 361 g/mol. The predicted molar refractivity (Wildman–Crippen MR) is 96.5 cm³/mol. The molecule has 1 amide bonds. The van der Waals surface area contributed by atoms with Crippen LogP contribution in [0.3, 0.4) is 0 Å². The minimum absolute atomic E-state index is 0.0190. The fourth-order valence-electron chi connectivity index (χ4n) is 2.18. The van der Waals surface area contributed by atoms with Gasteiger partial charge in [-0.15, -0.1) is 0 Å². The number of benzene rings is 2. The number of aryl methyl sites for hydroxylation is 3. The molecule has 0 bridgehead atoms. The molecule has 22 heavy (non-hydrogen) atoms. The molecule has 0 aliphatic rings. The molecular formula is C18H21BrN2O. The summed E-state index contributed by atoms with van der Waals surface area (Å²) in [4.78, 5) is 12.0. The molecule has 0 aliphatic carbocycles. The summed E-state index contributed by atoms with van der Waals surface area (Å²) in [5, 5.41) is 6.23. The Balaban J connectivity index is 1.83. The molecule has 116 valence electrons. The lowest BCUT2D eigenvalue weighted by Gasteiger charge is -2.11. The molecule has 0 unspecified atom stereocenters. The van der Waals surface area contributed by atoms with Crippen molar-refractivity contribution in [2.75, 3.05) is 17.2 Å². The molecule has 0 spiro atoms. The predicted octanol–water partition coefficient (Wildman–Crippen LogP) is 4.82. The summed E-state index contributed by atoms with van der Waals surface area (Å²) in [6.07, 6.45) is 0.433. The van der Waals surface area contributed by atoms with Crippen molar-refractivity contribution >= 4 is 33.2 Å². The number of carbonyl (C=O) groups is 1. The van der Waals surface area contributed by atoms with Gasteiger partial charge >= 0.3 is 0 Å². The van der Waals surface area contributed by atoms with E-state index >= 15 is 0 Å². The van der Waals surface area contributed by atoms with Crippen molar-refractivity contribution in [2.24, 2.45) is 0 Å². The SMILES string of the molecule is Cc1ccc(NC(=O)CCNc2ccc(Br)cc2C)cc1C. The maximum absolute atomic E-state index is 12.0. The zero-order valence-corrected chi connectivity index (χ0v) is 14.8. The van der Waals surface area contributed by atoms with Gasteiger partial charge in [-0.2, -0.15) is 0 Å². The van der Waals surface area contributed by atoms with Crippen molar-refractivity contribution in [2.45, 2.75) is 27.2 Å². The van der Waals surface area contributed by atoms with Crippen LogP contribution in [0.1, 0.15) is 23.1 Å². The highest BCUT2D eigenvalue weighted by Gasteiger charge is 2.04. The fraction of sp³-hybridized carbons (Fsp3) is 0.278. The van der Waals surface area contributed by atoms with Crippen molar-refractivity contribution < 1.29 is 4.79 Å². The quantitative estimate of drug-likeness (QED) is 0.802. The van der Waals surface area contributed by atoms with Crippen LogP contribution in [0.25, 0.3) is 0 Å². The average Bonchev–Trinajstić information content (AvgIpc) is 2.45. The van der Waals surface area contributed by atoms with E-state index in [-0.39, 0.29) is 5.91 Å². The summed E-state index contributed by atoms with van der Waals surface area (Å²) in [5.41, 5.74) is 5.48. The second-order valence-corrected chi connectivity index (χ2v) is 6.40. The summed E-state index contributed by atoms with van der Waals surface area (Å²) in [5.74, 6) is 0.0190. The first-order valence-electron chi connectivity index (χ1n) is 7.33. The van der Waals surface area contributed by atoms with E-state index in [0.717, 1.165) is 21.4 Å². The van der Waals surface area contributed by atoms with Gasteiger partial charge in [0.05, 0.1) is 0 Å². The van der Waals surface area contributed by atoms with Gasteiger partial charge in [-0.3, -0.25) is 4.79 Å². The smallest absolute Gasteiger partial charge is 0.226 e. The van der Waals surface area contributed by atoms with E-state index in [0.29, 0.717) is 13.0 Å². The molecule has 3 nitrogen and oxygen atoms in total. The van der Waals surface area contributed by atoms with Crippen LogP contribution >= 0.6 is 15.9 Å². The van der Waals surface area contributed by atoms with Crippen LogP contribution in [0.2, 0.25) is 0 Å². The highest BCUT2D eigenvalue weighted by molar-refractivity contribution is 9.10. The van der Waals surface area contributed by atoms with Crippen LogP contribution in [-0.2, 0) is 4.79 Å². The van der Waals surface area contributed by atoms with Crippen LogP contribution in [0.15, 0.2) is 40.9 Å². The third kappa shape index (κ3) is 4.60. The van der Waals surface area contributed by atoms with Gasteiger partial charge in [-0.25, -0.2) is 0 Å². The Morgan fingerprint density at radius 3 is 2.45 bits per heavy atom. The second-order valence-electron chi connectivity index (χ2n) is 5.48. The molecule has 4 heteroatoms. The summed E-state index contributed by atoms with van der Waals surface area (Å²) in [6.45, 7) is 6.76. The van der Waals surface area contributed by atoms with Crippen molar-refractivity contribution in [3.05, 3.63) is 57.6 Å². The highest BCUT2D eigenvalue weighted by atomic mass is 79.9. The molecule has 0 aromatic heterocycles. The number of hydrogen-bond acceptors (Lipinski definition) is 2. The molecule has 0 saturated heterocycles. The maximum atomic E-state index is 12.0. The van der Waals surface area contributed by atoms with Crippen molar-refractivity contribution in [1.29, 1.82) is 0 Å². The molecule has 0 heterocycles. The van der Waals surface area contributed by atoms with E-state index in [1.165, 1.54) is 11.1 Å². The summed E-state index contributed by atoms with van der Waals surface area (Å²) >= 11 is 3.44. The molecule has 2 N–H and O–H groups in total. The Kier molecular flexibility index (Phi) is 5.61. The lowest BCUT2D eigenvalue weighted by Crippen LogP contribution is -2.16. The number of hydrogen-bond donors (Lipinski definition) is 2. The Morgan fingerprint density at radius 2 is 1.77 bits per heavy atom. The van der Waals surface area contributed by atoms with Crippen molar-refractivity contribution in [3.63, 3.8) is 0 Å². The summed E-state index contributed by atoms with van der Waals surface area (Å²) in [6, 6.07) is 12.0. The number of rotatable bonds is 5. The molecule has 2 aromatic carbocycles. The fourth-order valence-corrected chi connectivity index (χ4v) is 2.65. The Bertz CT molecular complexity index is 683.